The molecule has 74 heavy (non-hydrogen) atoms. The summed E-state index contributed by atoms with van der Waals surface area (Å²) in [5.41, 5.74) is 0. The molecule has 26 heteroatoms. The van der Waals surface area contributed by atoms with Gasteiger partial charge >= 0.3 is 34.7 Å². The Morgan fingerprint density at radius 2 is 0.432 bits per heavy atom. The molecule has 0 spiro atoms. The zero-order valence-electron chi connectivity index (χ0n) is 46.4. The Labute approximate surface area is 468 Å². The predicted octanol–water partition coefficient (Wildman–Crippen LogP) is 5.30. The van der Waals surface area contributed by atoms with E-state index < -0.39 is 41.8 Å². The number of hydrogen-bond donors (Lipinski definition) is 0. The summed E-state index contributed by atoms with van der Waals surface area (Å²) in [5, 5.41) is 0. The molecule has 0 aromatic heterocycles. The van der Waals surface area contributed by atoms with Crippen molar-refractivity contribution in [3.63, 3.8) is 0 Å². The molecule has 438 valence electrons. The average Bonchev–Trinajstić information content (AvgIpc) is 3.31. The Morgan fingerprint density at radius 1 is 0.257 bits per heavy atom. The summed E-state index contributed by atoms with van der Waals surface area (Å²) in [7, 11) is -14.8. The van der Waals surface area contributed by atoms with Crippen molar-refractivity contribution in [2.75, 3.05) is 119 Å². The molecule has 0 bridgehead atoms. The maximum Gasteiger partial charge on any atom is 3.00 e. The van der Waals surface area contributed by atoms with Crippen LogP contribution in [0.1, 0.15) is 176 Å². The predicted molar refractivity (Wildman–Crippen MR) is 277 cm³/mol. The molecular formula is C48H99Al2O21P3. The first-order valence-corrected chi connectivity index (χ1v) is 31.2. The second kappa shape index (κ2) is 63.2. The summed E-state index contributed by atoms with van der Waals surface area (Å²) in [6, 6.07) is 0. The van der Waals surface area contributed by atoms with Gasteiger partial charge in [-0.25, -0.2) is 0 Å². The van der Waals surface area contributed by atoms with Crippen LogP contribution >= 0.6 is 23.5 Å². The van der Waals surface area contributed by atoms with Gasteiger partial charge in [-0.15, -0.1) is 0 Å². The van der Waals surface area contributed by atoms with Crippen LogP contribution in [0, 0.1) is 0 Å². The van der Waals surface area contributed by atoms with Crippen LogP contribution in [0.25, 0.3) is 0 Å². The van der Waals surface area contributed by atoms with E-state index in [0.29, 0.717) is 137 Å². The molecule has 21 nitrogen and oxygen atoms in total. The molecule has 0 saturated carbocycles. The summed E-state index contributed by atoms with van der Waals surface area (Å²) < 4.78 is 93.9. The van der Waals surface area contributed by atoms with Gasteiger partial charge in [-0.2, -0.15) is 0 Å². The molecular weight excluding hydrogens is 1060 g/mol. The average molecular weight is 1160 g/mol. The third-order valence-electron chi connectivity index (χ3n) is 10.3. The fraction of sp³-hybridized carbons (Fsp3) is 1.00. The van der Waals surface area contributed by atoms with E-state index in [2.05, 4.69) is 13.6 Å². The molecule has 0 aromatic carbocycles. The van der Waals surface area contributed by atoms with Crippen molar-refractivity contribution in [3.05, 3.63) is 0 Å². The van der Waals surface area contributed by atoms with E-state index in [9.17, 15) is 43.1 Å². The number of phosphoric acid groups is 3. The first-order valence-electron chi connectivity index (χ1n) is 26.8. The van der Waals surface area contributed by atoms with E-state index in [-0.39, 0.29) is 34.7 Å². The monoisotopic (exact) mass is 1160 g/mol. The molecule has 0 aliphatic heterocycles. The van der Waals surface area contributed by atoms with E-state index >= 15 is 0 Å². The summed E-state index contributed by atoms with van der Waals surface area (Å²) in [5.74, 6) is 0. The van der Waals surface area contributed by atoms with Gasteiger partial charge in [0.25, 0.3) is 0 Å². The van der Waals surface area contributed by atoms with Gasteiger partial charge in [-0.1, -0.05) is 57.8 Å². The zero-order valence-corrected chi connectivity index (χ0v) is 51.4. The number of ether oxygens (including phenoxy) is 9. The third kappa shape index (κ3) is 77.3. The van der Waals surface area contributed by atoms with Gasteiger partial charge in [0.2, 0.25) is 0 Å². The van der Waals surface area contributed by atoms with Gasteiger partial charge in [0.1, 0.15) is 0 Å². The van der Waals surface area contributed by atoms with Gasteiger partial charge in [0.15, 0.2) is 0 Å². The molecule has 0 amide bonds. The molecule has 0 aliphatic rings. The Kier molecular flexibility index (Phi) is 71.6. The maximum atomic E-state index is 10.8. The van der Waals surface area contributed by atoms with E-state index in [1.54, 1.807) is 0 Å². The van der Waals surface area contributed by atoms with Crippen LogP contribution in [0.5, 0.6) is 0 Å². The van der Waals surface area contributed by atoms with Crippen LogP contribution < -0.4 is 29.4 Å². The molecule has 0 saturated heterocycles. The van der Waals surface area contributed by atoms with Crippen molar-refractivity contribution in [1.29, 1.82) is 0 Å². The molecule has 0 aliphatic carbocycles. The Balaban J connectivity index is -0.000000317. The van der Waals surface area contributed by atoms with Crippen LogP contribution in [-0.2, 0) is 69.9 Å². The molecule has 0 fully saturated rings. The van der Waals surface area contributed by atoms with Crippen molar-refractivity contribution in [3.8, 4) is 0 Å². The largest absolute Gasteiger partial charge is 3.00 e. The van der Waals surface area contributed by atoms with Crippen LogP contribution in [0.15, 0.2) is 0 Å². The van der Waals surface area contributed by atoms with E-state index in [4.69, 9.17) is 42.6 Å². The quantitative estimate of drug-likeness (QED) is 0.0424. The fourth-order valence-electron chi connectivity index (χ4n) is 6.85. The Morgan fingerprint density at radius 3 is 0.649 bits per heavy atom. The van der Waals surface area contributed by atoms with Gasteiger partial charge < -0.3 is 99.3 Å². The van der Waals surface area contributed by atoms with Crippen molar-refractivity contribution in [2.24, 2.45) is 0 Å². The van der Waals surface area contributed by atoms with Crippen LogP contribution in [-0.4, -0.2) is 172 Å². The van der Waals surface area contributed by atoms with E-state index in [1.165, 1.54) is 0 Å². The van der Waals surface area contributed by atoms with E-state index in [1.807, 2.05) is 41.5 Å². The molecule has 0 radical (unpaired) electrons. The first kappa shape index (κ1) is 83.9. The summed E-state index contributed by atoms with van der Waals surface area (Å²) in [6.07, 6.45) is 15.0. The topological polar surface area (TPSA) is 300 Å². The number of phosphoric ester groups is 3. The molecule has 3 atom stereocenters. The molecule has 3 unspecified atom stereocenters. The SMILES string of the molecule is CCOCCCCCCC(CCCOCCOCC)OP(=O)([O-])[O-].CCOCCCCCCC(CCCOCCOCC)OP(=O)([O-])[O-].CCOCCCCCCC(CCCOCCOCC)OP(=O)([O-])[O-].[Al+3].[Al+3]. The normalized spacial score (nSPS) is 13.0. The van der Waals surface area contributed by atoms with Crippen molar-refractivity contribution >= 4 is 58.2 Å². The van der Waals surface area contributed by atoms with Crippen molar-refractivity contribution < 1.29 is 99.3 Å². The summed E-state index contributed by atoms with van der Waals surface area (Å²) in [4.78, 5) is 65.0. The van der Waals surface area contributed by atoms with E-state index in [0.717, 1.165) is 117 Å². The Bertz CT molecular complexity index is 1030. The zero-order chi connectivity index (χ0) is 54.3. The van der Waals surface area contributed by atoms with Crippen LogP contribution in [0.2, 0.25) is 0 Å². The number of hydrogen-bond acceptors (Lipinski definition) is 21. The van der Waals surface area contributed by atoms with Gasteiger partial charge in [-0.3, -0.25) is 0 Å². The number of rotatable bonds is 54. The van der Waals surface area contributed by atoms with Crippen molar-refractivity contribution in [1.82, 2.24) is 0 Å². The molecule has 0 rings (SSSR count). The smallest absolute Gasteiger partial charge is 0.790 e. The van der Waals surface area contributed by atoms with Gasteiger partial charge in [-0.05, 0) is 119 Å². The minimum atomic E-state index is -4.94. The minimum absolute atomic E-state index is 0. The molecule has 0 N–H and O–H groups in total. The third-order valence-corrected chi connectivity index (χ3v) is 12.0. The number of unbranched alkanes of at least 4 members (excludes halogenated alkanes) is 9. The standard InChI is InChI=1S/3C16H35O7P.2Al/c3*1-3-20-12-8-6-5-7-10-16(23-24(17,18)19)11-9-13-22-15-14-21-4-2;;/h3*16H,3-15H2,1-2H3,(H2,17,18,19);;/q;;;2*+3/p-6. The van der Waals surface area contributed by atoms with Gasteiger partial charge in [0.05, 0.1) is 81.4 Å². The fourth-order valence-corrected chi connectivity index (χ4v) is 8.58. The van der Waals surface area contributed by atoms with Crippen molar-refractivity contribution in [2.45, 2.75) is 195 Å². The second-order valence-electron chi connectivity index (χ2n) is 16.6. The first-order chi connectivity index (χ1) is 34.5. The summed E-state index contributed by atoms with van der Waals surface area (Å²) in [6.45, 7) is 22.8. The van der Waals surface area contributed by atoms with Crippen LogP contribution in [0.3, 0.4) is 0 Å². The van der Waals surface area contributed by atoms with Crippen LogP contribution in [0.4, 0.5) is 0 Å². The second-order valence-corrected chi connectivity index (χ2v) is 19.9. The maximum absolute atomic E-state index is 10.8. The molecule has 0 heterocycles. The minimum Gasteiger partial charge on any atom is -0.790 e. The molecule has 0 aromatic rings. The summed E-state index contributed by atoms with van der Waals surface area (Å²) >= 11 is 0. The Hall–Kier alpha value is 1.03. The van der Waals surface area contributed by atoms with Gasteiger partial charge in [0, 0.05) is 79.3 Å².